The van der Waals surface area contributed by atoms with E-state index < -0.39 is 0 Å². The van der Waals surface area contributed by atoms with Crippen LogP contribution in [0.1, 0.15) is 119 Å². The third-order valence-corrected chi connectivity index (χ3v) is 10.8. The summed E-state index contributed by atoms with van der Waals surface area (Å²) < 4.78 is 7.05. The van der Waals surface area contributed by atoms with E-state index in [2.05, 4.69) is 61.1 Å². The van der Waals surface area contributed by atoms with E-state index in [0.29, 0.717) is 28.3 Å². The van der Waals surface area contributed by atoms with Crippen LogP contribution in [0.25, 0.3) is 0 Å². The van der Waals surface area contributed by atoms with Gasteiger partial charge < -0.3 is 4.74 Å². The summed E-state index contributed by atoms with van der Waals surface area (Å²) in [5, 5.41) is 0. The van der Waals surface area contributed by atoms with Crippen LogP contribution >= 0.6 is 0 Å². The van der Waals surface area contributed by atoms with Crippen molar-refractivity contribution in [2.75, 3.05) is 0 Å². The van der Waals surface area contributed by atoms with Crippen LogP contribution in [0.4, 0.5) is 0 Å². The number of allylic oxidation sites excluding steroid dienone is 2. The van der Waals surface area contributed by atoms with Gasteiger partial charge >= 0.3 is 0 Å². The first kappa shape index (κ1) is 23.6. The Kier molecular flexibility index (Phi) is 6.11. The van der Waals surface area contributed by atoms with Crippen LogP contribution in [0.2, 0.25) is 0 Å². The summed E-state index contributed by atoms with van der Waals surface area (Å²) in [6.45, 7) is 21.8. The highest BCUT2D eigenvalue weighted by atomic mass is 16.5. The summed E-state index contributed by atoms with van der Waals surface area (Å²) in [4.78, 5) is 0. The Balaban J connectivity index is 1.47. The van der Waals surface area contributed by atoms with Gasteiger partial charge in [0.15, 0.2) is 0 Å². The fourth-order valence-electron chi connectivity index (χ4n) is 9.00. The molecule has 1 saturated heterocycles. The normalized spacial score (nSPS) is 45.0. The van der Waals surface area contributed by atoms with E-state index in [1.807, 2.05) is 0 Å². The zero-order valence-electron chi connectivity index (χ0n) is 21.8. The molecule has 1 heteroatoms. The van der Waals surface area contributed by atoms with Gasteiger partial charge in [0.05, 0.1) is 11.7 Å². The number of fused-ring (bicyclic) bond motifs is 3. The predicted molar refractivity (Wildman–Crippen MR) is 133 cm³/mol. The molecule has 0 aromatic carbocycles. The molecule has 0 aromatic rings. The highest BCUT2D eigenvalue weighted by Crippen LogP contribution is 2.65. The second-order valence-electron chi connectivity index (χ2n) is 13.7. The minimum atomic E-state index is 0.0599. The second-order valence-corrected chi connectivity index (χ2v) is 13.7. The molecule has 1 aliphatic heterocycles. The molecule has 3 saturated carbocycles. The van der Waals surface area contributed by atoms with E-state index >= 15 is 0 Å². The lowest BCUT2D eigenvalue weighted by Crippen LogP contribution is -2.61. The molecular weight excluding hydrogens is 376 g/mol. The summed E-state index contributed by atoms with van der Waals surface area (Å²) >= 11 is 0. The fraction of sp³-hybridized carbons (Fsp3) is 0.867. The molecule has 0 bridgehead atoms. The molecule has 0 aromatic heterocycles. The van der Waals surface area contributed by atoms with Crippen molar-refractivity contribution in [3.63, 3.8) is 0 Å². The van der Waals surface area contributed by atoms with Crippen LogP contribution in [-0.2, 0) is 4.74 Å². The third kappa shape index (κ3) is 4.11. The van der Waals surface area contributed by atoms with E-state index in [1.54, 1.807) is 0 Å². The Labute approximate surface area is 193 Å². The predicted octanol–water partition coefficient (Wildman–Crippen LogP) is 8.89. The Bertz CT molecular complexity index is 727. The minimum absolute atomic E-state index is 0.0599. The summed E-state index contributed by atoms with van der Waals surface area (Å²) in [7, 11) is 0. The van der Waals surface area contributed by atoms with Gasteiger partial charge in [0.2, 0.25) is 0 Å². The lowest BCUT2D eigenvalue weighted by molar-refractivity contribution is -0.229. The van der Waals surface area contributed by atoms with Gasteiger partial charge in [-0.3, -0.25) is 0 Å². The van der Waals surface area contributed by atoms with E-state index in [1.165, 1.54) is 75.4 Å². The Morgan fingerprint density at radius 2 is 1.61 bits per heavy atom. The first-order valence-electron chi connectivity index (χ1n) is 13.4. The van der Waals surface area contributed by atoms with Crippen LogP contribution in [-0.4, -0.2) is 11.7 Å². The lowest BCUT2D eigenvalue weighted by Gasteiger charge is -2.64. The van der Waals surface area contributed by atoms with Crippen molar-refractivity contribution < 1.29 is 4.74 Å². The number of hydrogen-bond donors (Lipinski definition) is 0. The van der Waals surface area contributed by atoms with Crippen molar-refractivity contribution in [2.45, 2.75) is 131 Å². The molecule has 3 aliphatic carbocycles. The summed E-state index contributed by atoms with van der Waals surface area (Å²) in [5.74, 6) is 2.21. The van der Waals surface area contributed by atoms with E-state index in [9.17, 15) is 0 Å². The van der Waals surface area contributed by atoms with Crippen LogP contribution in [0, 0.1) is 34.0 Å². The molecule has 6 atom stereocenters. The molecule has 0 spiro atoms. The molecule has 1 nitrogen and oxygen atoms in total. The molecule has 0 radical (unpaired) electrons. The molecule has 0 amide bonds. The molecule has 1 heterocycles. The number of ether oxygens (including phenoxy) is 1. The van der Waals surface area contributed by atoms with Crippen LogP contribution in [0.15, 0.2) is 23.8 Å². The highest BCUT2D eigenvalue weighted by molar-refractivity contribution is 5.17. The lowest BCUT2D eigenvalue weighted by atomic mass is 9.44. The highest BCUT2D eigenvalue weighted by Gasteiger charge is 2.60. The quantitative estimate of drug-likeness (QED) is 0.409. The smallest absolute Gasteiger partial charge is 0.0790 e. The van der Waals surface area contributed by atoms with Crippen molar-refractivity contribution in [1.29, 1.82) is 0 Å². The van der Waals surface area contributed by atoms with Crippen LogP contribution in [0.5, 0.6) is 0 Å². The van der Waals surface area contributed by atoms with Crippen molar-refractivity contribution in [2.24, 2.45) is 34.0 Å². The van der Waals surface area contributed by atoms with Crippen LogP contribution in [0.3, 0.4) is 0 Å². The third-order valence-electron chi connectivity index (χ3n) is 10.8. The molecular formula is C30H50O. The first-order chi connectivity index (χ1) is 14.4. The average molecular weight is 427 g/mol. The fourth-order valence-corrected chi connectivity index (χ4v) is 9.00. The minimum Gasteiger partial charge on any atom is -0.367 e. The topological polar surface area (TPSA) is 9.23 Å². The first-order valence-corrected chi connectivity index (χ1v) is 13.4. The number of hydrogen-bond acceptors (Lipinski definition) is 1. The molecule has 176 valence electrons. The molecule has 4 aliphatic rings. The Morgan fingerprint density at radius 3 is 2.32 bits per heavy atom. The van der Waals surface area contributed by atoms with Gasteiger partial charge in [-0.1, -0.05) is 59.3 Å². The maximum Gasteiger partial charge on any atom is 0.0790 e. The molecule has 0 N–H and O–H groups in total. The van der Waals surface area contributed by atoms with E-state index in [-0.39, 0.29) is 5.60 Å². The van der Waals surface area contributed by atoms with E-state index in [4.69, 9.17) is 4.74 Å². The molecule has 4 fully saturated rings. The van der Waals surface area contributed by atoms with Gasteiger partial charge in [0.1, 0.15) is 0 Å². The Morgan fingerprint density at radius 1 is 0.903 bits per heavy atom. The maximum atomic E-state index is 7.05. The monoisotopic (exact) mass is 426 g/mol. The van der Waals surface area contributed by atoms with Gasteiger partial charge in [-0.25, -0.2) is 0 Å². The summed E-state index contributed by atoms with van der Waals surface area (Å²) in [5.41, 5.74) is 4.35. The van der Waals surface area contributed by atoms with Gasteiger partial charge in [-0.15, -0.1) is 0 Å². The van der Waals surface area contributed by atoms with Crippen molar-refractivity contribution >= 4 is 0 Å². The van der Waals surface area contributed by atoms with Crippen molar-refractivity contribution in [3.05, 3.63) is 23.8 Å². The van der Waals surface area contributed by atoms with Gasteiger partial charge in [-0.2, -0.15) is 0 Å². The SMILES string of the molecule is C=C1CCCC(C)(C)C1CC=C(C)C1CCC2C(C)(CCC3C(C)(C)CCCC32C)O1. The number of rotatable bonds is 3. The molecule has 6 unspecified atom stereocenters. The molecule has 4 rings (SSSR count). The van der Waals surface area contributed by atoms with Gasteiger partial charge in [0, 0.05) is 0 Å². The zero-order valence-corrected chi connectivity index (χ0v) is 21.8. The standard InChI is InChI=1S/C30H50O/c1-21-11-9-17-27(3,4)23(21)13-12-22(2)24-14-15-26-29(7)19-10-18-28(5,6)25(29)16-20-30(26,8)31-24/h12,23-26H,1,9-11,13-20H2,2-8H3. The molecule has 31 heavy (non-hydrogen) atoms. The second kappa shape index (κ2) is 8.03. The van der Waals surface area contributed by atoms with Gasteiger partial charge in [-0.05, 0) is 118 Å². The summed E-state index contributed by atoms with van der Waals surface area (Å²) in [6, 6.07) is 0. The van der Waals surface area contributed by atoms with Gasteiger partial charge in [0.25, 0.3) is 0 Å². The average Bonchev–Trinajstić information content (AvgIpc) is 2.65. The van der Waals surface area contributed by atoms with E-state index in [0.717, 1.165) is 18.3 Å². The largest absolute Gasteiger partial charge is 0.367 e. The van der Waals surface area contributed by atoms with Crippen molar-refractivity contribution in [3.8, 4) is 0 Å². The Hall–Kier alpha value is -0.560. The summed E-state index contributed by atoms with van der Waals surface area (Å²) in [6.07, 6.45) is 17.2. The van der Waals surface area contributed by atoms with Crippen LogP contribution < -0.4 is 0 Å². The maximum absolute atomic E-state index is 7.05. The van der Waals surface area contributed by atoms with Crippen molar-refractivity contribution in [1.82, 2.24) is 0 Å². The zero-order chi connectivity index (χ0) is 22.7.